The fourth-order valence-corrected chi connectivity index (χ4v) is 3.16. The van der Waals surface area contributed by atoms with E-state index in [1.54, 1.807) is 6.08 Å². The van der Waals surface area contributed by atoms with Gasteiger partial charge in [-0.3, -0.25) is 0 Å². The molecule has 4 nitrogen and oxygen atoms in total. The average Bonchev–Trinajstić information content (AvgIpc) is 2.66. The van der Waals surface area contributed by atoms with Crippen LogP contribution in [0.15, 0.2) is 43.0 Å². The first kappa shape index (κ1) is 20.2. The zero-order valence-electron chi connectivity index (χ0n) is 15.4. The minimum Gasteiger partial charge on any atom is -0.493 e. The molecule has 0 amide bonds. The lowest BCUT2D eigenvalue weighted by atomic mass is 9.88. The topological polar surface area (TPSA) is 55.8 Å². The van der Waals surface area contributed by atoms with Crippen molar-refractivity contribution in [1.82, 2.24) is 0 Å². The Kier molecular flexibility index (Phi) is 8.98. The molecule has 0 radical (unpaired) electrons. The van der Waals surface area contributed by atoms with Crippen LogP contribution in [0.4, 0.5) is 0 Å². The molecule has 2 rings (SSSR count). The SMILES string of the molecule is C=CCCCCOC1CCC(COc2ccc(C=CC(=O)O)cc2)CC1. The maximum absolute atomic E-state index is 10.5. The van der Waals surface area contributed by atoms with Gasteiger partial charge < -0.3 is 14.6 Å². The third-order valence-electron chi connectivity index (χ3n) is 4.73. The van der Waals surface area contributed by atoms with E-state index >= 15 is 0 Å². The van der Waals surface area contributed by atoms with Crippen LogP contribution in [0.25, 0.3) is 6.08 Å². The number of rotatable bonds is 11. The minimum absolute atomic E-state index is 0.412. The van der Waals surface area contributed by atoms with Gasteiger partial charge in [0, 0.05) is 12.7 Å². The van der Waals surface area contributed by atoms with Crippen LogP contribution in [0.5, 0.6) is 5.75 Å². The molecule has 0 aromatic heterocycles. The lowest BCUT2D eigenvalue weighted by Gasteiger charge is -2.28. The third-order valence-corrected chi connectivity index (χ3v) is 4.73. The lowest BCUT2D eigenvalue weighted by molar-refractivity contribution is -0.131. The van der Waals surface area contributed by atoms with Gasteiger partial charge in [-0.05, 0) is 74.6 Å². The second kappa shape index (κ2) is 11.5. The summed E-state index contributed by atoms with van der Waals surface area (Å²) in [6.45, 7) is 5.33. The van der Waals surface area contributed by atoms with Gasteiger partial charge in [0.2, 0.25) is 0 Å². The highest BCUT2D eigenvalue weighted by molar-refractivity contribution is 5.85. The molecule has 0 heterocycles. The molecular weight excluding hydrogens is 328 g/mol. The molecule has 142 valence electrons. The molecule has 1 saturated carbocycles. The van der Waals surface area contributed by atoms with Crippen molar-refractivity contribution in [2.45, 2.75) is 51.0 Å². The Morgan fingerprint density at radius 3 is 2.54 bits per heavy atom. The third kappa shape index (κ3) is 7.87. The highest BCUT2D eigenvalue weighted by atomic mass is 16.5. The summed E-state index contributed by atoms with van der Waals surface area (Å²) < 4.78 is 11.9. The first-order valence-electron chi connectivity index (χ1n) is 9.53. The number of aliphatic carboxylic acids is 1. The number of hydrogen-bond acceptors (Lipinski definition) is 3. The lowest BCUT2D eigenvalue weighted by Crippen LogP contribution is -2.25. The maximum Gasteiger partial charge on any atom is 0.328 e. The van der Waals surface area contributed by atoms with E-state index in [1.165, 1.54) is 0 Å². The normalized spacial score (nSPS) is 20.2. The van der Waals surface area contributed by atoms with Crippen LogP contribution in [0.3, 0.4) is 0 Å². The Balaban J connectivity index is 1.62. The van der Waals surface area contributed by atoms with Gasteiger partial charge in [-0.1, -0.05) is 18.2 Å². The molecular formula is C22H30O4. The summed E-state index contributed by atoms with van der Waals surface area (Å²) in [5.74, 6) is 0.474. The zero-order chi connectivity index (χ0) is 18.6. The van der Waals surface area contributed by atoms with E-state index in [0.29, 0.717) is 12.0 Å². The summed E-state index contributed by atoms with van der Waals surface area (Å²) in [7, 11) is 0. The number of carbonyl (C=O) groups is 1. The van der Waals surface area contributed by atoms with E-state index in [2.05, 4.69) is 6.58 Å². The number of carboxylic acid groups (broad SMARTS) is 1. The Hall–Kier alpha value is -2.07. The van der Waals surface area contributed by atoms with Crippen LogP contribution in [0.2, 0.25) is 0 Å². The summed E-state index contributed by atoms with van der Waals surface area (Å²) in [5.41, 5.74) is 0.852. The highest BCUT2D eigenvalue weighted by Gasteiger charge is 2.22. The highest BCUT2D eigenvalue weighted by Crippen LogP contribution is 2.27. The number of unbranched alkanes of at least 4 members (excludes halogenated alkanes) is 2. The van der Waals surface area contributed by atoms with E-state index < -0.39 is 5.97 Å². The molecule has 0 saturated heterocycles. The van der Waals surface area contributed by atoms with Gasteiger partial charge in [-0.15, -0.1) is 6.58 Å². The van der Waals surface area contributed by atoms with Crippen molar-refractivity contribution in [3.05, 3.63) is 48.6 Å². The Labute approximate surface area is 156 Å². The Bertz CT molecular complexity index is 568. The molecule has 0 spiro atoms. The molecule has 1 N–H and O–H groups in total. The molecule has 1 aromatic rings. The number of benzene rings is 1. The smallest absolute Gasteiger partial charge is 0.328 e. The van der Waals surface area contributed by atoms with Gasteiger partial charge >= 0.3 is 5.97 Å². The van der Waals surface area contributed by atoms with Crippen molar-refractivity contribution in [2.24, 2.45) is 5.92 Å². The fourth-order valence-electron chi connectivity index (χ4n) is 3.16. The van der Waals surface area contributed by atoms with Crippen molar-refractivity contribution in [2.75, 3.05) is 13.2 Å². The van der Waals surface area contributed by atoms with Gasteiger partial charge in [-0.2, -0.15) is 0 Å². The molecule has 1 aliphatic rings. The molecule has 0 unspecified atom stereocenters. The molecule has 0 atom stereocenters. The standard InChI is InChI=1S/C22H30O4/c1-2-3-4-5-16-25-20-13-8-19(9-14-20)17-26-21-11-6-18(7-12-21)10-15-22(23)24/h2,6-7,10-12,15,19-20H,1,3-5,8-9,13-14,16-17H2,(H,23,24). The molecule has 4 heteroatoms. The van der Waals surface area contributed by atoms with Crippen LogP contribution in [-0.2, 0) is 9.53 Å². The molecule has 1 aromatic carbocycles. The molecule has 0 aliphatic heterocycles. The number of ether oxygens (including phenoxy) is 2. The summed E-state index contributed by atoms with van der Waals surface area (Å²) in [6.07, 6.45) is 13.0. The van der Waals surface area contributed by atoms with Crippen LogP contribution < -0.4 is 4.74 Å². The van der Waals surface area contributed by atoms with E-state index in [-0.39, 0.29) is 0 Å². The summed E-state index contributed by atoms with van der Waals surface area (Å²) in [4.78, 5) is 10.5. The van der Waals surface area contributed by atoms with E-state index in [1.807, 2.05) is 30.3 Å². The predicted molar refractivity (Wildman–Crippen MR) is 104 cm³/mol. The van der Waals surface area contributed by atoms with Crippen LogP contribution in [0, 0.1) is 5.92 Å². The van der Waals surface area contributed by atoms with Crippen LogP contribution in [0.1, 0.15) is 50.5 Å². The molecule has 1 aliphatic carbocycles. The van der Waals surface area contributed by atoms with Crippen molar-refractivity contribution >= 4 is 12.0 Å². The number of hydrogen-bond donors (Lipinski definition) is 1. The van der Waals surface area contributed by atoms with Crippen molar-refractivity contribution in [1.29, 1.82) is 0 Å². The second-order valence-electron chi connectivity index (χ2n) is 6.85. The number of allylic oxidation sites excluding steroid dienone is 1. The largest absolute Gasteiger partial charge is 0.493 e. The first-order chi connectivity index (χ1) is 12.7. The predicted octanol–water partition coefficient (Wildman–Crippen LogP) is 5.09. The maximum atomic E-state index is 10.5. The summed E-state index contributed by atoms with van der Waals surface area (Å²) in [6, 6.07) is 7.51. The Morgan fingerprint density at radius 2 is 1.88 bits per heavy atom. The van der Waals surface area contributed by atoms with Crippen LogP contribution >= 0.6 is 0 Å². The monoisotopic (exact) mass is 358 g/mol. The van der Waals surface area contributed by atoms with E-state index in [0.717, 1.165) is 75.5 Å². The van der Waals surface area contributed by atoms with Gasteiger partial charge in [-0.25, -0.2) is 4.79 Å². The van der Waals surface area contributed by atoms with Crippen LogP contribution in [-0.4, -0.2) is 30.4 Å². The van der Waals surface area contributed by atoms with Gasteiger partial charge in [0.15, 0.2) is 0 Å². The first-order valence-corrected chi connectivity index (χ1v) is 9.53. The van der Waals surface area contributed by atoms with Crippen molar-refractivity contribution < 1.29 is 19.4 Å². The summed E-state index contributed by atoms with van der Waals surface area (Å²) >= 11 is 0. The van der Waals surface area contributed by atoms with Gasteiger partial charge in [0.25, 0.3) is 0 Å². The van der Waals surface area contributed by atoms with Crippen molar-refractivity contribution in [3.8, 4) is 5.75 Å². The quantitative estimate of drug-likeness (QED) is 0.340. The molecule has 0 bridgehead atoms. The fraction of sp³-hybridized carbons (Fsp3) is 0.500. The van der Waals surface area contributed by atoms with Crippen molar-refractivity contribution in [3.63, 3.8) is 0 Å². The summed E-state index contributed by atoms with van der Waals surface area (Å²) in [5, 5.41) is 8.63. The minimum atomic E-state index is -0.943. The Morgan fingerprint density at radius 1 is 1.15 bits per heavy atom. The van der Waals surface area contributed by atoms with Gasteiger partial charge in [0.05, 0.1) is 12.7 Å². The van der Waals surface area contributed by atoms with Gasteiger partial charge in [0.1, 0.15) is 5.75 Å². The second-order valence-corrected chi connectivity index (χ2v) is 6.85. The molecule has 26 heavy (non-hydrogen) atoms. The van der Waals surface area contributed by atoms with E-state index in [4.69, 9.17) is 14.6 Å². The zero-order valence-corrected chi connectivity index (χ0v) is 15.4. The number of carboxylic acids is 1. The van der Waals surface area contributed by atoms with E-state index in [9.17, 15) is 4.79 Å². The molecule has 1 fully saturated rings. The average molecular weight is 358 g/mol.